The number of aryl methyl sites for hydroxylation is 2. The van der Waals surface area contributed by atoms with Gasteiger partial charge in [0.05, 0.1) is 12.1 Å². The molecule has 1 amide bonds. The maximum atomic E-state index is 14.4. The SMILES string of the molecule is Cc1ccc(C)c(NCc2cc(O)c(N3CC(=O)NS3)c(F)c2)n1. The van der Waals surface area contributed by atoms with E-state index in [1.807, 2.05) is 26.0 Å². The Hall–Kier alpha value is -2.48. The molecule has 1 saturated heterocycles. The van der Waals surface area contributed by atoms with Crippen LogP contribution in [0.25, 0.3) is 0 Å². The fourth-order valence-electron chi connectivity index (χ4n) is 2.40. The summed E-state index contributed by atoms with van der Waals surface area (Å²) in [5, 5.41) is 13.3. The standard InChI is InChI=1S/C16H17FN4O2S/c1-9-3-4-10(2)19-16(9)18-7-11-5-12(17)15(13(22)6-11)21-8-14(23)20-24-21/h3-6,22H,7-8H2,1-2H3,(H,18,19)(H,20,23). The molecule has 1 aliphatic heterocycles. The predicted octanol–water partition coefficient (Wildman–Crippen LogP) is 2.65. The highest BCUT2D eigenvalue weighted by Gasteiger charge is 2.26. The van der Waals surface area contributed by atoms with E-state index < -0.39 is 5.82 Å². The molecule has 1 aliphatic rings. The lowest BCUT2D eigenvalue weighted by atomic mass is 10.1. The summed E-state index contributed by atoms with van der Waals surface area (Å²) in [4.78, 5) is 15.6. The molecule has 0 bridgehead atoms. The molecule has 8 heteroatoms. The number of phenols is 1. The average molecular weight is 348 g/mol. The van der Waals surface area contributed by atoms with Gasteiger partial charge in [0, 0.05) is 12.2 Å². The molecule has 6 nitrogen and oxygen atoms in total. The molecule has 24 heavy (non-hydrogen) atoms. The minimum atomic E-state index is -0.579. The number of pyridine rings is 1. The molecule has 2 aromatic rings. The minimum absolute atomic E-state index is 0.000843. The summed E-state index contributed by atoms with van der Waals surface area (Å²) in [7, 11) is 0. The number of hydrogen-bond donors (Lipinski definition) is 3. The molecule has 3 N–H and O–H groups in total. The zero-order valence-corrected chi connectivity index (χ0v) is 14.1. The summed E-state index contributed by atoms with van der Waals surface area (Å²) in [6, 6.07) is 6.71. The Morgan fingerprint density at radius 2 is 2.21 bits per heavy atom. The third-order valence-corrected chi connectivity index (χ3v) is 4.46. The van der Waals surface area contributed by atoms with Gasteiger partial charge in [0.2, 0.25) is 0 Å². The molecule has 0 radical (unpaired) electrons. The molecule has 2 heterocycles. The second-order valence-corrected chi connectivity index (χ2v) is 6.40. The van der Waals surface area contributed by atoms with Gasteiger partial charge in [0.15, 0.2) is 5.82 Å². The number of amides is 1. The van der Waals surface area contributed by atoms with Crippen molar-refractivity contribution in [3.63, 3.8) is 0 Å². The van der Waals surface area contributed by atoms with Gasteiger partial charge in [-0.05, 0) is 43.2 Å². The first-order valence-corrected chi connectivity index (χ1v) is 8.14. The Morgan fingerprint density at radius 3 is 2.88 bits per heavy atom. The lowest BCUT2D eigenvalue weighted by Gasteiger charge is -2.17. The van der Waals surface area contributed by atoms with Crippen molar-refractivity contribution in [2.45, 2.75) is 20.4 Å². The van der Waals surface area contributed by atoms with Gasteiger partial charge in [-0.3, -0.25) is 13.8 Å². The van der Waals surface area contributed by atoms with Crippen molar-refractivity contribution in [3.8, 4) is 5.75 Å². The van der Waals surface area contributed by atoms with Crippen LogP contribution in [0.4, 0.5) is 15.9 Å². The maximum Gasteiger partial charge on any atom is 0.251 e. The monoisotopic (exact) mass is 348 g/mol. The summed E-state index contributed by atoms with van der Waals surface area (Å²) in [6.07, 6.45) is 0. The van der Waals surface area contributed by atoms with Crippen molar-refractivity contribution in [2.75, 3.05) is 16.2 Å². The first-order valence-electron chi connectivity index (χ1n) is 7.37. The number of carbonyl (C=O) groups excluding carboxylic acids is 1. The van der Waals surface area contributed by atoms with E-state index in [0.29, 0.717) is 12.1 Å². The fraction of sp³-hybridized carbons (Fsp3) is 0.250. The number of halogens is 1. The van der Waals surface area contributed by atoms with Gasteiger partial charge in [-0.2, -0.15) is 0 Å². The number of rotatable bonds is 4. The van der Waals surface area contributed by atoms with Crippen LogP contribution in [0.1, 0.15) is 16.8 Å². The fourth-order valence-corrected chi connectivity index (χ4v) is 3.14. The van der Waals surface area contributed by atoms with Crippen molar-refractivity contribution >= 4 is 29.5 Å². The van der Waals surface area contributed by atoms with E-state index >= 15 is 0 Å². The Kier molecular flexibility index (Phi) is 4.48. The van der Waals surface area contributed by atoms with Crippen LogP contribution in [-0.2, 0) is 11.3 Å². The molecule has 0 saturated carbocycles. The van der Waals surface area contributed by atoms with Gasteiger partial charge in [-0.15, -0.1) is 0 Å². The zero-order valence-electron chi connectivity index (χ0n) is 13.3. The van der Waals surface area contributed by atoms with Crippen molar-refractivity contribution in [1.82, 2.24) is 9.71 Å². The Morgan fingerprint density at radius 1 is 1.42 bits per heavy atom. The van der Waals surface area contributed by atoms with E-state index in [-0.39, 0.29) is 23.9 Å². The van der Waals surface area contributed by atoms with Crippen LogP contribution in [-0.4, -0.2) is 22.5 Å². The molecule has 0 spiro atoms. The molecule has 0 unspecified atom stereocenters. The quantitative estimate of drug-likeness (QED) is 0.738. The highest BCUT2D eigenvalue weighted by atomic mass is 32.2. The van der Waals surface area contributed by atoms with E-state index in [2.05, 4.69) is 15.0 Å². The minimum Gasteiger partial charge on any atom is -0.506 e. The molecule has 1 aromatic heterocycles. The first kappa shape index (κ1) is 16.4. The molecule has 1 aromatic carbocycles. The van der Waals surface area contributed by atoms with Crippen molar-refractivity contribution < 1.29 is 14.3 Å². The Labute approximate surface area is 143 Å². The number of nitrogens with one attached hydrogen (secondary N) is 2. The smallest absolute Gasteiger partial charge is 0.251 e. The summed E-state index contributed by atoms with van der Waals surface area (Å²) in [5.74, 6) is -0.288. The molecule has 126 valence electrons. The number of hydrogen-bond acceptors (Lipinski definition) is 6. The van der Waals surface area contributed by atoms with Crippen LogP contribution in [0.3, 0.4) is 0 Å². The number of aromatic hydroxyl groups is 1. The number of benzene rings is 1. The molecular formula is C16H17FN4O2S. The number of nitrogens with zero attached hydrogens (tertiary/aromatic N) is 2. The van der Waals surface area contributed by atoms with E-state index in [1.165, 1.54) is 16.4 Å². The van der Waals surface area contributed by atoms with Crippen LogP contribution in [0, 0.1) is 19.7 Å². The van der Waals surface area contributed by atoms with Gasteiger partial charge < -0.3 is 10.4 Å². The van der Waals surface area contributed by atoms with Crippen LogP contribution >= 0.6 is 12.1 Å². The van der Waals surface area contributed by atoms with Crippen LogP contribution in [0.15, 0.2) is 24.3 Å². The van der Waals surface area contributed by atoms with E-state index in [4.69, 9.17) is 0 Å². The zero-order chi connectivity index (χ0) is 17.3. The van der Waals surface area contributed by atoms with Crippen molar-refractivity contribution in [3.05, 3.63) is 46.9 Å². The van der Waals surface area contributed by atoms with Crippen molar-refractivity contribution in [1.29, 1.82) is 0 Å². The number of phenolic OH excluding ortho intramolecular Hbond substituents is 1. The van der Waals surface area contributed by atoms with E-state index in [0.717, 1.165) is 29.2 Å². The largest absolute Gasteiger partial charge is 0.506 e. The molecule has 3 rings (SSSR count). The van der Waals surface area contributed by atoms with Gasteiger partial charge >= 0.3 is 0 Å². The van der Waals surface area contributed by atoms with Gasteiger partial charge in [0.1, 0.15) is 23.8 Å². The van der Waals surface area contributed by atoms with Crippen LogP contribution in [0.2, 0.25) is 0 Å². The second-order valence-electron chi connectivity index (χ2n) is 5.57. The third kappa shape index (κ3) is 3.38. The van der Waals surface area contributed by atoms with Crippen LogP contribution in [0.5, 0.6) is 5.75 Å². The van der Waals surface area contributed by atoms with Gasteiger partial charge in [-0.25, -0.2) is 9.37 Å². The van der Waals surface area contributed by atoms with Crippen molar-refractivity contribution in [2.24, 2.45) is 0 Å². The number of carbonyl (C=O) groups is 1. The summed E-state index contributed by atoms with van der Waals surface area (Å²) < 4.78 is 18.2. The van der Waals surface area contributed by atoms with Gasteiger partial charge in [0.25, 0.3) is 5.91 Å². The highest BCUT2D eigenvalue weighted by molar-refractivity contribution is 7.99. The summed E-state index contributed by atoms with van der Waals surface area (Å²) >= 11 is 0.960. The summed E-state index contributed by atoms with van der Waals surface area (Å²) in [6.45, 7) is 4.16. The second kappa shape index (κ2) is 6.56. The normalized spacial score (nSPS) is 14.0. The Bertz CT molecular complexity index is 777. The summed E-state index contributed by atoms with van der Waals surface area (Å²) in [5.41, 5.74) is 2.46. The average Bonchev–Trinajstić information content (AvgIpc) is 2.93. The van der Waals surface area contributed by atoms with Crippen LogP contribution < -0.4 is 14.3 Å². The topological polar surface area (TPSA) is 77.5 Å². The molecular weight excluding hydrogens is 331 g/mol. The number of anilines is 2. The first-order chi connectivity index (χ1) is 11.4. The third-order valence-electron chi connectivity index (χ3n) is 3.61. The molecule has 0 atom stereocenters. The van der Waals surface area contributed by atoms with E-state index in [1.54, 1.807) is 0 Å². The number of aromatic nitrogens is 1. The Balaban J connectivity index is 1.78. The van der Waals surface area contributed by atoms with E-state index in [9.17, 15) is 14.3 Å². The molecule has 1 fully saturated rings. The lowest BCUT2D eigenvalue weighted by Crippen LogP contribution is -2.16. The lowest BCUT2D eigenvalue weighted by molar-refractivity contribution is -0.117. The predicted molar refractivity (Wildman–Crippen MR) is 92.2 cm³/mol. The van der Waals surface area contributed by atoms with Gasteiger partial charge in [-0.1, -0.05) is 6.07 Å². The highest BCUT2D eigenvalue weighted by Crippen LogP contribution is 2.36. The maximum absolute atomic E-state index is 14.4. The molecule has 0 aliphatic carbocycles.